The van der Waals surface area contributed by atoms with Crippen molar-refractivity contribution in [3.8, 4) is 6.07 Å². The van der Waals surface area contributed by atoms with Crippen LogP contribution in [0.4, 0.5) is 0 Å². The third-order valence-electron chi connectivity index (χ3n) is 2.96. The van der Waals surface area contributed by atoms with Crippen molar-refractivity contribution in [2.24, 2.45) is 0 Å². The molecule has 14 heavy (non-hydrogen) atoms. The van der Waals surface area contributed by atoms with Gasteiger partial charge in [0.2, 0.25) is 0 Å². The number of nitrogens with one attached hydrogen (secondary N) is 1. The summed E-state index contributed by atoms with van der Waals surface area (Å²) in [5.74, 6) is 0. The van der Waals surface area contributed by atoms with Crippen LogP contribution in [0.15, 0.2) is 0 Å². The highest BCUT2D eigenvalue weighted by Gasteiger charge is 2.24. The molecule has 1 fully saturated rings. The fraction of sp³-hybridized carbons (Fsp3) is 0.909. The summed E-state index contributed by atoms with van der Waals surface area (Å²) in [5, 5.41) is 11.9. The topological polar surface area (TPSA) is 45.0 Å². The van der Waals surface area contributed by atoms with Gasteiger partial charge in [-0.3, -0.25) is 0 Å². The Labute approximate surface area is 86.4 Å². The van der Waals surface area contributed by atoms with E-state index in [1.165, 1.54) is 19.3 Å². The molecule has 0 aliphatic heterocycles. The van der Waals surface area contributed by atoms with Crippen LogP contribution in [0.1, 0.15) is 39.0 Å². The summed E-state index contributed by atoms with van der Waals surface area (Å²) < 4.78 is 5.74. The van der Waals surface area contributed by atoms with E-state index in [1.807, 2.05) is 6.92 Å². The molecule has 0 saturated heterocycles. The second-order valence-corrected chi connectivity index (χ2v) is 4.26. The van der Waals surface area contributed by atoms with Crippen LogP contribution in [0.2, 0.25) is 0 Å². The molecule has 0 spiro atoms. The first-order chi connectivity index (χ1) is 6.70. The van der Waals surface area contributed by atoms with Crippen LogP contribution in [-0.2, 0) is 4.74 Å². The number of hydrogen-bond donors (Lipinski definition) is 1. The summed E-state index contributed by atoms with van der Waals surface area (Å²) in [6.07, 6.45) is 6.57. The highest BCUT2D eigenvalue weighted by atomic mass is 16.5. The van der Waals surface area contributed by atoms with Crippen molar-refractivity contribution in [3.63, 3.8) is 0 Å². The molecule has 3 heteroatoms. The minimum Gasteiger partial charge on any atom is -0.375 e. The molecule has 0 radical (unpaired) electrons. The molecule has 0 aromatic heterocycles. The first-order valence-corrected chi connectivity index (χ1v) is 5.42. The summed E-state index contributed by atoms with van der Waals surface area (Å²) in [6, 6.07) is 2.23. The number of hydrogen-bond acceptors (Lipinski definition) is 3. The lowest BCUT2D eigenvalue weighted by molar-refractivity contribution is 0.00776. The van der Waals surface area contributed by atoms with Crippen molar-refractivity contribution < 1.29 is 4.74 Å². The van der Waals surface area contributed by atoms with Gasteiger partial charge < -0.3 is 10.1 Å². The Balaban J connectivity index is 2.28. The van der Waals surface area contributed by atoms with Crippen LogP contribution in [0.3, 0.4) is 0 Å². The van der Waals surface area contributed by atoms with E-state index in [9.17, 15) is 0 Å². The van der Waals surface area contributed by atoms with Crippen molar-refractivity contribution in [2.75, 3.05) is 13.7 Å². The number of nitriles is 1. The lowest BCUT2D eigenvalue weighted by Crippen LogP contribution is -2.44. The Bertz CT molecular complexity index is 206. The maximum atomic E-state index is 8.92. The van der Waals surface area contributed by atoms with Gasteiger partial charge in [-0.2, -0.15) is 5.26 Å². The molecule has 1 saturated carbocycles. The van der Waals surface area contributed by atoms with Crippen molar-refractivity contribution in [1.29, 1.82) is 5.26 Å². The largest absolute Gasteiger partial charge is 0.375 e. The zero-order valence-electron chi connectivity index (χ0n) is 9.18. The van der Waals surface area contributed by atoms with E-state index in [4.69, 9.17) is 10.00 Å². The van der Waals surface area contributed by atoms with Crippen LogP contribution in [0.25, 0.3) is 0 Å². The quantitative estimate of drug-likeness (QED) is 0.746. The lowest BCUT2D eigenvalue weighted by Gasteiger charge is -2.27. The minimum absolute atomic E-state index is 0.379. The number of rotatable bonds is 4. The van der Waals surface area contributed by atoms with Crippen molar-refractivity contribution in [2.45, 2.75) is 50.7 Å². The van der Waals surface area contributed by atoms with Gasteiger partial charge in [-0.1, -0.05) is 19.3 Å². The average molecular weight is 196 g/mol. The third-order valence-corrected chi connectivity index (χ3v) is 2.96. The molecule has 0 amide bonds. The molecular weight excluding hydrogens is 176 g/mol. The van der Waals surface area contributed by atoms with Gasteiger partial charge in [-0.05, 0) is 26.8 Å². The number of nitrogens with zero attached hydrogens (tertiary/aromatic N) is 1. The zero-order chi connectivity index (χ0) is 10.4. The van der Waals surface area contributed by atoms with Crippen molar-refractivity contribution >= 4 is 0 Å². The van der Waals surface area contributed by atoms with E-state index >= 15 is 0 Å². The van der Waals surface area contributed by atoms with Gasteiger partial charge in [0.1, 0.15) is 5.54 Å². The summed E-state index contributed by atoms with van der Waals surface area (Å²) in [7, 11) is 1.80. The normalized spacial score (nSPS) is 22.6. The molecule has 80 valence electrons. The molecule has 1 atom stereocenters. The highest BCUT2D eigenvalue weighted by molar-refractivity contribution is 5.03. The standard InChI is InChI=1S/C11H20N2O/c1-11(8-12,13-2)9-14-10-6-4-3-5-7-10/h10,13H,3-7,9H2,1-2H3. The molecule has 1 aliphatic carbocycles. The maximum Gasteiger partial charge on any atom is 0.127 e. The Kier molecular flexibility index (Phi) is 4.37. The summed E-state index contributed by atoms with van der Waals surface area (Å²) in [6.45, 7) is 2.36. The van der Waals surface area contributed by atoms with Crippen LogP contribution in [0.5, 0.6) is 0 Å². The van der Waals surface area contributed by atoms with E-state index < -0.39 is 5.54 Å². The van der Waals surface area contributed by atoms with Crippen LogP contribution < -0.4 is 5.32 Å². The lowest BCUT2D eigenvalue weighted by atomic mass is 9.97. The summed E-state index contributed by atoms with van der Waals surface area (Å²) >= 11 is 0. The van der Waals surface area contributed by atoms with Gasteiger partial charge in [-0.15, -0.1) is 0 Å². The van der Waals surface area contributed by atoms with E-state index in [0.29, 0.717) is 12.7 Å². The van der Waals surface area contributed by atoms with Crippen LogP contribution in [-0.4, -0.2) is 25.3 Å². The monoisotopic (exact) mass is 196 g/mol. The van der Waals surface area contributed by atoms with Crippen molar-refractivity contribution in [1.82, 2.24) is 5.32 Å². The summed E-state index contributed by atoms with van der Waals surface area (Å²) in [4.78, 5) is 0. The molecule has 1 N–H and O–H groups in total. The number of ether oxygens (including phenoxy) is 1. The van der Waals surface area contributed by atoms with Gasteiger partial charge in [0.05, 0.1) is 18.8 Å². The highest BCUT2D eigenvalue weighted by Crippen LogP contribution is 2.21. The molecular formula is C11H20N2O. The van der Waals surface area contributed by atoms with Gasteiger partial charge in [0, 0.05) is 0 Å². The molecule has 1 unspecified atom stereocenters. The first-order valence-electron chi connectivity index (χ1n) is 5.42. The predicted octanol–water partition coefficient (Wildman–Crippen LogP) is 1.84. The minimum atomic E-state index is -0.530. The maximum absolute atomic E-state index is 8.92. The smallest absolute Gasteiger partial charge is 0.127 e. The van der Waals surface area contributed by atoms with Gasteiger partial charge in [-0.25, -0.2) is 0 Å². The Morgan fingerprint density at radius 3 is 2.57 bits per heavy atom. The molecule has 0 aromatic carbocycles. The molecule has 0 bridgehead atoms. The molecule has 3 nitrogen and oxygen atoms in total. The second-order valence-electron chi connectivity index (χ2n) is 4.26. The second kappa shape index (κ2) is 5.33. The van der Waals surface area contributed by atoms with Crippen LogP contribution >= 0.6 is 0 Å². The molecule has 1 aliphatic rings. The fourth-order valence-corrected chi connectivity index (χ4v) is 1.68. The van der Waals surface area contributed by atoms with E-state index in [2.05, 4.69) is 11.4 Å². The van der Waals surface area contributed by atoms with Crippen molar-refractivity contribution in [3.05, 3.63) is 0 Å². The van der Waals surface area contributed by atoms with E-state index in [-0.39, 0.29) is 0 Å². The molecule has 0 heterocycles. The number of likely N-dealkylation sites (N-methyl/N-ethyl adjacent to an activating group) is 1. The predicted molar refractivity (Wildman–Crippen MR) is 55.9 cm³/mol. The Hall–Kier alpha value is -0.590. The first kappa shape index (κ1) is 11.5. The average Bonchev–Trinajstić information content (AvgIpc) is 2.27. The molecule has 0 aromatic rings. The Morgan fingerprint density at radius 1 is 1.43 bits per heavy atom. The summed E-state index contributed by atoms with van der Waals surface area (Å²) in [5.41, 5.74) is -0.530. The fourth-order valence-electron chi connectivity index (χ4n) is 1.68. The van der Waals surface area contributed by atoms with E-state index in [1.54, 1.807) is 7.05 Å². The third kappa shape index (κ3) is 3.28. The van der Waals surface area contributed by atoms with E-state index in [0.717, 1.165) is 12.8 Å². The zero-order valence-corrected chi connectivity index (χ0v) is 9.18. The van der Waals surface area contributed by atoms with Gasteiger partial charge in [0.15, 0.2) is 0 Å². The Morgan fingerprint density at radius 2 is 2.07 bits per heavy atom. The SMILES string of the molecule is CNC(C)(C#N)COC1CCCCC1. The molecule has 1 rings (SSSR count). The van der Waals surface area contributed by atoms with Gasteiger partial charge in [0.25, 0.3) is 0 Å². The van der Waals surface area contributed by atoms with Gasteiger partial charge >= 0.3 is 0 Å². The van der Waals surface area contributed by atoms with Crippen LogP contribution in [0, 0.1) is 11.3 Å².